The summed E-state index contributed by atoms with van der Waals surface area (Å²) >= 11 is 6.02. The summed E-state index contributed by atoms with van der Waals surface area (Å²) in [7, 11) is -1.90. The highest BCUT2D eigenvalue weighted by Crippen LogP contribution is 2.27. The fourth-order valence-corrected chi connectivity index (χ4v) is 4.94. The molecule has 0 bridgehead atoms. The van der Waals surface area contributed by atoms with Crippen LogP contribution in [0, 0.1) is 0 Å². The van der Waals surface area contributed by atoms with Crippen LogP contribution in [0.5, 0.6) is 0 Å². The van der Waals surface area contributed by atoms with Crippen molar-refractivity contribution >= 4 is 21.6 Å². The molecule has 8 heteroatoms. The van der Waals surface area contributed by atoms with Crippen molar-refractivity contribution in [3.05, 3.63) is 82.1 Å². The summed E-state index contributed by atoms with van der Waals surface area (Å²) in [6.45, 7) is 1.19. The third-order valence-electron chi connectivity index (χ3n) is 5.41. The van der Waals surface area contributed by atoms with Crippen LogP contribution >= 0.6 is 11.6 Å². The van der Waals surface area contributed by atoms with E-state index in [0.29, 0.717) is 0 Å². The molecule has 1 aliphatic rings. The van der Waals surface area contributed by atoms with Crippen LogP contribution in [0.4, 0.5) is 0 Å². The minimum absolute atomic E-state index is 0.169. The quantitative estimate of drug-likeness (QED) is 0.611. The second-order valence-electron chi connectivity index (χ2n) is 7.65. The van der Waals surface area contributed by atoms with Crippen molar-refractivity contribution < 1.29 is 8.42 Å². The molecular formula is C22H25ClN4O2S. The maximum Gasteiger partial charge on any atom is 0.243 e. The van der Waals surface area contributed by atoms with Gasteiger partial charge in [-0.05, 0) is 60.2 Å². The zero-order chi connectivity index (χ0) is 21.1. The Labute approximate surface area is 182 Å². The number of aromatic nitrogens is 2. The molecule has 0 radical (unpaired) electrons. The molecule has 158 valence electrons. The number of hydrogen-bond donors (Lipinski definition) is 2. The molecule has 0 saturated carbocycles. The Hall–Kier alpha value is -2.19. The van der Waals surface area contributed by atoms with Crippen LogP contribution in [0.1, 0.15) is 34.7 Å². The standard InChI is InChI=1S/C22H25ClN4O2S/c1-27-15-20(14-25-27)30(28,29)26-13-17-4-7-18-3-2-10-24-22(21(18)11-17)12-16-5-8-19(23)9-6-16/h4-9,11,14-15,22,24,26H,2-3,10,12-13H2,1H3. The molecule has 30 heavy (non-hydrogen) atoms. The number of aryl methyl sites for hydroxylation is 2. The fraction of sp³-hybridized carbons (Fsp3) is 0.318. The maximum absolute atomic E-state index is 12.5. The summed E-state index contributed by atoms with van der Waals surface area (Å²) in [5.74, 6) is 0. The van der Waals surface area contributed by atoms with Gasteiger partial charge in [-0.15, -0.1) is 0 Å². The molecular weight excluding hydrogens is 420 g/mol. The van der Waals surface area contributed by atoms with E-state index in [9.17, 15) is 8.42 Å². The molecule has 0 aliphatic carbocycles. The normalized spacial score (nSPS) is 16.8. The highest BCUT2D eigenvalue weighted by molar-refractivity contribution is 7.89. The van der Waals surface area contributed by atoms with E-state index in [1.807, 2.05) is 18.2 Å². The Morgan fingerprint density at radius 1 is 1.20 bits per heavy atom. The van der Waals surface area contributed by atoms with Crippen LogP contribution in [0.2, 0.25) is 5.02 Å². The summed E-state index contributed by atoms with van der Waals surface area (Å²) in [6, 6.07) is 14.4. The molecule has 0 spiro atoms. The number of rotatable bonds is 6. The van der Waals surface area contributed by atoms with Gasteiger partial charge in [0, 0.05) is 30.9 Å². The lowest BCUT2D eigenvalue weighted by Gasteiger charge is -2.20. The SMILES string of the molecule is Cn1cc(S(=O)(=O)NCc2ccc3c(c2)C(Cc2ccc(Cl)cc2)NCCC3)cn1. The first kappa shape index (κ1) is 21.1. The molecule has 6 nitrogen and oxygen atoms in total. The Morgan fingerprint density at radius 2 is 1.97 bits per heavy atom. The Kier molecular flexibility index (Phi) is 6.24. The molecule has 0 fully saturated rings. The molecule has 0 amide bonds. The summed E-state index contributed by atoms with van der Waals surface area (Å²) in [5.41, 5.74) is 4.71. The van der Waals surface area contributed by atoms with Crippen molar-refractivity contribution in [2.24, 2.45) is 7.05 Å². The second kappa shape index (κ2) is 8.89. The number of fused-ring (bicyclic) bond motifs is 1. The van der Waals surface area contributed by atoms with E-state index < -0.39 is 10.0 Å². The molecule has 1 aromatic heterocycles. The smallest absolute Gasteiger partial charge is 0.243 e. The van der Waals surface area contributed by atoms with Crippen LogP contribution < -0.4 is 10.0 Å². The van der Waals surface area contributed by atoms with Gasteiger partial charge in [0.2, 0.25) is 10.0 Å². The summed E-state index contributed by atoms with van der Waals surface area (Å²) < 4.78 is 29.2. The summed E-state index contributed by atoms with van der Waals surface area (Å²) in [6.07, 6.45) is 5.80. The minimum atomic E-state index is -3.59. The van der Waals surface area contributed by atoms with Gasteiger partial charge in [-0.25, -0.2) is 13.1 Å². The van der Waals surface area contributed by atoms with Crippen molar-refractivity contribution in [3.8, 4) is 0 Å². The molecule has 1 unspecified atom stereocenters. The van der Waals surface area contributed by atoms with Gasteiger partial charge in [0.25, 0.3) is 0 Å². The third kappa shape index (κ3) is 4.92. The van der Waals surface area contributed by atoms with Crippen molar-refractivity contribution in [1.29, 1.82) is 0 Å². The summed E-state index contributed by atoms with van der Waals surface area (Å²) in [4.78, 5) is 0.169. The van der Waals surface area contributed by atoms with Gasteiger partial charge in [0.15, 0.2) is 0 Å². The van der Waals surface area contributed by atoms with Crippen molar-refractivity contribution in [3.63, 3.8) is 0 Å². The predicted octanol–water partition coefficient (Wildman–Crippen LogP) is 3.37. The molecule has 4 rings (SSSR count). The maximum atomic E-state index is 12.5. The Bertz CT molecular complexity index is 1130. The molecule has 2 heterocycles. The van der Waals surface area contributed by atoms with Gasteiger partial charge >= 0.3 is 0 Å². The first-order valence-corrected chi connectivity index (χ1v) is 11.8. The lowest BCUT2D eigenvalue weighted by molar-refractivity contribution is 0.539. The zero-order valence-electron chi connectivity index (χ0n) is 16.8. The highest BCUT2D eigenvalue weighted by atomic mass is 35.5. The van der Waals surface area contributed by atoms with Crippen LogP contribution in [0.25, 0.3) is 0 Å². The number of benzene rings is 2. The van der Waals surface area contributed by atoms with Crippen molar-refractivity contribution in [1.82, 2.24) is 19.8 Å². The average Bonchev–Trinajstić information content (AvgIpc) is 3.08. The molecule has 0 saturated heterocycles. The first-order chi connectivity index (χ1) is 14.4. The Morgan fingerprint density at radius 3 is 2.70 bits per heavy atom. The second-order valence-corrected chi connectivity index (χ2v) is 9.85. The van der Waals surface area contributed by atoms with Crippen LogP contribution in [0.3, 0.4) is 0 Å². The van der Waals surface area contributed by atoms with E-state index in [-0.39, 0.29) is 17.5 Å². The number of halogens is 1. The van der Waals surface area contributed by atoms with Crippen LogP contribution in [-0.2, 0) is 36.5 Å². The van der Waals surface area contributed by atoms with Gasteiger partial charge in [0.1, 0.15) is 4.90 Å². The van der Waals surface area contributed by atoms with Crippen molar-refractivity contribution in [2.45, 2.75) is 36.7 Å². The van der Waals surface area contributed by atoms with E-state index in [2.05, 4.69) is 39.4 Å². The monoisotopic (exact) mass is 444 g/mol. The van der Waals surface area contributed by atoms with E-state index in [1.54, 1.807) is 7.05 Å². The molecule has 2 aromatic carbocycles. The minimum Gasteiger partial charge on any atom is -0.310 e. The zero-order valence-corrected chi connectivity index (χ0v) is 18.4. The van der Waals surface area contributed by atoms with Gasteiger partial charge in [-0.2, -0.15) is 5.10 Å². The van der Waals surface area contributed by atoms with Gasteiger partial charge in [-0.1, -0.05) is 41.9 Å². The van der Waals surface area contributed by atoms with E-state index in [1.165, 1.54) is 33.8 Å². The predicted molar refractivity (Wildman–Crippen MR) is 118 cm³/mol. The fourth-order valence-electron chi connectivity index (χ4n) is 3.81. The molecule has 1 atom stereocenters. The average molecular weight is 445 g/mol. The van der Waals surface area contributed by atoms with Gasteiger partial charge in [-0.3, -0.25) is 4.68 Å². The molecule has 2 N–H and O–H groups in total. The van der Waals surface area contributed by atoms with Crippen molar-refractivity contribution in [2.75, 3.05) is 6.54 Å². The number of nitrogens with one attached hydrogen (secondary N) is 2. The van der Waals surface area contributed by atoms with E-state index >= 15 is 0 Å². The summed E-state index contributed by atoms with van der Waals surface area (Å²) in [5, 5.41) is 8.32. The lowest BCUT2D eigenvalue weighted by atomic mass is 9.92. The van der Waals surface area contributed by atoms with Crippen LogP contribution in [0.15, 0.2) is 59.8 Å². The van der Waals surface area contributed by atoms with E-state index in [0.717, 1.165) is 36.4 Å². The number of hydrogen-bond acceptors (Lipinski definition) is 4. The first-order valence-electron chi connectivity index (χ1n) is 9.98. The van der Waals surface area contributed by atoms with Gasteiger partial charge in [0.05, 0.1) is 6.20 Å². The lowest BCUT2D eigenvalue weighted by Crippen LogP contribution is -2.24. The molecule has 3 aromatic rings. The number of nitrogens with zero attached hydrogens (tertiary/aromatic N) is 2. The Balaban J connectivity index is 1.54. The van der Waals surface area contributed by atoms with E-state index in [4.69, 9.17) is 11.6 Å². The van der Waals surface area contributed by atoms with Crippen LogP contribution in [-0.4, -0.2) is 24.7 Å². The largest absolute Gasteiger partial charge is 0.310 e. The highest BCUT2D eigenvalue weighted by Gasteiger charge is 2.20. The third-order valence-corrected chi connectivity index (χ3v) is 7.02. The topological polar surface area (TPSA) is 76.0 Å². The molecule has 1 aliphatic heterocycles. The number of sulfonamides is 1. The van der Waals surface area contributed by atoms with Gasteiger partial charge < -0.3 is 5.32 Å².